The number of para-hydroxylation sites is 1. The first-order valence-electron chi connectivity index (χ1n) is 8.87. The van der Waals surface area contributed by atoms with E-state index in [1.807, 2.05) is 6.07 Å². The minimum Gasteiger partial charge on any atom is -0.465 e. The van der Waals surface area contributed by atoms with Crippen LogP contribution in [0.4, 0.5) is 5.69 Å². The van der Waals surface area contributed by atoms with Crippen molar-refractivity contribution in [3.8, 4) is 0 Å². The zero-order valence-electron chi connectivity index (χ0n) is 15.9. The normalized spacial score (nSPS) is 15.5. The average Bonchev–Trinajstić information content (AvgIpc) is 3.08. The summed E-state index contributed by atoms with van der Waals surface area (Å²) in [6.45, 7) is 0. The maximum absolute atomic E-state index is 12.3. The number of carbonyl (C=O) groups is 3. The van der Waals surface area contributed by atoms with Crippen molar-refractivity contribution >= 4 is 47.2 Å². The Kier molecular flexibility index (Phi) is 6.76. The van der Waals surface area contributed by atoms with Crippen molar-refractivity contribution in [1.29, 1.82) is 0 Å². The Balaban J connectivity index is 1.60. The van der Waals surface area contributed by atoms with Gasteiger partial charge in [-0.25, -0.2) is 15.2 Å². The predicted molar refractivity (Wildman–Crippen MR) is 113 cm³/mol. The van der Waals surface area contributed by atoms with Gasteiger partial charge < -0.3 is 10.1 Å². The van der Waals surface area contributed by atoms with E-state index < -0.39 is 23.8 Å². The molecule has 154 valence electrons. The number of guanidine groups is 1. The Morgan fingerprint density at radius 3 is 2.73 bits per heavy atom. The van der Waals surface area contributed by atoms with Crippen LogP contribution in [0.15, 0.2) is 58.6 Å². The van der Waals surface area contributed by atoms with Gasteiger partial charge in [-0.15, -0.1) is 0 Å². The van der Waals surface area contributed by atoms with Crippen LogP contribution >= 0.6 is 11.6 Å². The third-order valence-electron chi connectivity index (χ3n) is 4.09. The van der Waals surface area contributed by atoms with Crippen LogP contribution in [0.25, 0.3) is 0 Å². The summed E-state index contributed by atoms with van der Waals surface area (Å²) in [6, 6.07) is 12.6. The molecule has 0 aromatic heterocycles. The number of hydrazone groups is 1. The number of nitrogens with zero attached hydrogens (tertiary/aromatic N) is 2. The van der Waals surface area contributed by atoms with Crippen LogP contribution in [0.2, 0.25) is 5.02 Å². The molecule has 2 aromatic rings. The summed E-state index contributed by atoms with van der Waals surface area (Å²) < 4.78 is 4.69. The minimum atomic E-state index is -0.923. The van der Waals surface area contributed by atoms with Gasteiger partial charge in [0.2, 0.25) is 11.9 Å². The molecule has 1 atom stereocenters. The summed E-state index contributed by atoms with van der Waals surface area (Å²) in [5.74, 6) is -1.38. The lowest BCUT2D eigenvalue weighted by Crippen LogP contribution is -2.35. The Morgan fingerprint density at radius 1 is 1.23 bits per heavy atom. The molecule has 0 bridgehead atoms. The van der Waals surface area contributed by atoms with Gasteiger partial charge in [0, 0.05) is 10.6 Å². The number of hydrogen-bond donors (Lipinski definition) is 3. The number of benzene rings is 2. The van der Waals surface area contributed by atoms with Crippen molar-refractivity contribution < 1.29 is 19.1 Å². The number of hydrogen-bond acceptors (Lipinski definition) is 7. The molecule has 3 N–H and O–H groups in total. The lowest BCUT2D eigenvalue weighted by atomic mass is 10.1. The lowest BCUT2D eigenvalue weighted by molar-refractivity contribution is -0.123. The molecule has 9 nitrogen and oxygen atoms in total. The third-order valence-corrected chi connectivity index (χ3v) is 4.44. The fourth-order valence-electron chi connectivity index (χ4n) is 2.64. The van der Waals surface area contributed by atoms with Gasteiger partial charge in [0.1, 0.15) is 6.04 Å². The van der Waals surface area contributed by atoms with E-state index in [4.69, 9.17) is 16.3 Å². The molecule has 0 spiro atoms. The van der Waals surface area contributed by atoms with Gasteiger partial charge >= 0.3 is 5.97 Å². The molecule has 2 aromatic carbocycles. The zero-order valence-corrected chi connectivity index (χ0v) is 16.6. The minimum absolute atomic E-state index is 0.121. The number of carbonyl (C=O) groups excluding carboxylic acids is 3. The van der Waals surface area contributed by atoms with E-state index in [1.165, 1.54) is 19.4 Å². The van der Waals surface area contributed by atoms with E-state index in [-0.39, 0.29) is 17.9 Å². The standard InChI is InChI=1S/C20H18ClN5O4/c1-30-19(29)13-7-3-5-9-15(13)23-17(27)10-16-18(28)25-20(24-16)26-22-11-12-6-2-4-8-14(12)21/h2-9,11,16H,10H2,1H3,(H,23,27)(H2,24,25,26,28)/b22-11+. The Morgan fingerprint density at radius 2 is 1.97 bits per heavy atom. The summed E-state index contributed by atoms with van der Waals surface area (Å²) >= 11 is 6.04. The highest BCUT2D eigenvalue weighted by atomic mass is 35.5. The monoisotopic (exact) mass is 427 g/mol. The van der Waals surface area contributed by atoms with Gasteiger partial charge in [-0.2, -0.15) is 5.10 Å². The average molecular weight is 428 g/mol. The molecule has 2 amide bonds. The van der Waals surface area contributed by atoms with Gasteiger partial charge in [0.15, 0.2) is 0 Å². The fraction of sp³-hybridized carbons (Fsp3) is 0.150. The van der Waals surface area contributed by atoms with E-state index in [9.17, 15) is 14.4 Å². The topological polar surface area (TPSA) is 121 Å². The smallest absolute Gasteiger partial charge is 0.339 e. The van der Waals surface area contributed by atoms with E-state index in [1.54, 1.807) is 36.4 Å². The van der Waals surface area contributed by atoms with Crippen molar-refractivity contribution in [2.45, 2.75) is 12.5 Å². The van der Waals surface area contributed by atoms with Crippen LogP contribution in [0.1, 0.15) is 22.3 Å². The van der Waals surface area contributed by atoms with Crippen molar-refractivity contribution in [2.75, 3.05) is 12.4 Å². The first kappa shape index (κ1) is 21.0. The number of aliphatic imine (C=N–C) groups is 1. The van der Waals surface area contributed by atoms with Crippen molar-refractivity contribution in [2.24, 2.45) is 10.1 Å². The molecule has 0 fully saturated rings. The van der Waals surface area contributed by atoms with Crippen LogP contribution in [0.5, 0.6) is 0 Å². The van der Waals surface area contributed by atoms with Crippen LogP contribution in [0.3, 0.4) is 0 Å². The van der Waals surface area contributed by atoms with E-state index in [2.05, 4.69) is 26.2 Å². The third kappa shape index (κ3) is 5.21. The van der Waals surface area contributed by atoms with Crippen molar-refractivity contribution in [3.05, 3.63) is 64.7 Å². The number of nitrogens with one attached hydrogen (secondary N) is 3. The molecular weight excluding hydrogens is 410 g/mol. The Hall–Kier alpha value is -3.72. The van der Waals surface area contributed by atoms with Crippen molar-refractivity contribution in [3.63, 3.8) is 0 Å². The Bertz CT molecular complexity index is 1040. The molecule has 0 saturated carbocycles. The number of methoxy groups -OCH3 is 1. The predicted octanol–water partition coefficient (Wildman–Crippen LogP) is 1.93. The first-order chi connectivity index (χ1) is 14.5. The summed E-state index contributed by atoms with van der Waals surface area (Å²) in [4.78, 5) is 40.3. The van der Waals surface area contributed by atoms with Crippen molar-refractivity contribution in [1.82, 2.24) is 10.7 Å². The molecule has 1 heterocycles. The molecule has 1 aliphatic heterocycles. The zero-order chi connectivity index (χ0) is 21.5. The van der Waals surface area contributed by atoms with Gasteiger partial charge in [-0.3, -0.25) is 14.9 Å². The SMILES string of the molecule is COC(=O)c1ccccc1NC(=O)CC1N=C(N/N=C/c2ccccc2Cl)NC1=O. The second-order valence-electron chi connectivity index (χ2n) is 6.16. The van der Waals surface area contributed by atoms with Crippen LogP contribution in [0, 0.1) is 0 Å². The first-order valence-corrected chi connectivity index (χ1v) is 9.25. The number of halogens is 1. The van der Waals surface area contributed by atoms with Gasteiger partial charge in [-0.1, -0.05) is 41.9 Å². The molecule has 0 aliphatic carbocycles. The highest BCUT2D eigenvalue weighted by Gasteiger charge is 2.29. The van der Waals surface area contributed by atoms with E-state index in [0.717, 1.165) is 0 Å². The largest absolute Gasteiger partial charge is 0.465 e. The lowest BCUT2D eigenvalue weighted by Gasteiger charge is -2.10. The molecule has 1 unspecified atom stereocenters. The maximum atomic E-state index is 12.3. The fourth-order valence-corrected chi connectivity index (χ4v) is 2.83. The summed E-state index contributed by atoms with van der Waals surface area (Å²) in [5, 5.41) is 9.63. The van der Waals surface area contributed by atoms with E-state index >= 15 is 0 Å². The van der Waals surface area contributed by atoms with E-state index in [0.29, 0.717) is 16.3 Å². The van der Waals surface area contributed by atoms with Crippen LogP contribution in [-0.2, 0) is 14.3 Å². The molecule has 3 rings (SSSR count). The molecule has 0 radical (unpaired) electrons. The molecule has 1 aliphatic rings. The molecular formula is C20H18ClN5O4. The number of ether oxygens (including phenoxy) is 1. The van der Waals surface area contributed by atoms with Gasteiger partial charge in [0.05, 0.1) is 31.0 Å². The molecule has 10 heteroatoms. The number of amides is 2. The Labute approximate surface area is 177 Å². The summed E-state index contributed by atoms with van der Waals surface area (Å²) in [6.07, 6.45) is 1.28. The number of esters is 1. The second-order valence-corrected chi connectivity index (χ2v) is 6.57. The highest BCUT2D eigenvalue weighted by molar-refractivity contribution is 6.33. The van der Waals surface area contributed by atoms with Crippen LogP contribution < -0.4 is 16.1 Å². The summed E-state index contributed by atoms with van der Waals surface area (Å²) in [7, 11) is 1.25. The van der Waals surface area contributed by atoms with Crippen LogP contribution in [-0.4, -0.2) is 43.1 Å². The second kappa shape index (κ2) is 9.66. The summed E-state index contributed by atoms with van der Waals surface area (Å²) in [5.41, 5.74) is 3.80. The highest BCUT2D eigenvalue weighted by Crippen LogP contribution is 2.17. The quantitative estimate of drug-likeness (QED) is 0.369. The molecule has 30 heavy (non-hydrogen) atoms. The molecule has 0 saturated heterocycles. The number of anilines is 1. The number of rotatable bonds is 6. The maximum Gasteiger partial charge on any atom is 0.339 e. The van der Waals surface area contributed by atoms with Gasteiger partial charge in [-0.05, 0) is 18.2 Å². The van der Waals surface area contributed by atoms with Gasteiger partial charge in [0.25, 0.3) is 5.91 Å².